The molecule has 1 aromatic heterocycles. The highest BCUT2D eigenvalue weighted by Gasteiger charge is 2.23. The third kappa shape index (κ3) is 3.62. The van der Waals surface area contributed by atoms with Crippen molar-refractivity contribution < 1.29 is 29.3 Å². The van der Waals surface area contributed by atoms with Crippen molar-refractivity contribution in [1.29, 1.82) is 0 Å². The Bertz CT molecular complexity index is 1320. The van der Waals surface area contributed by atoms with E-state index in [1.54, 1.807) is 30.3 Å². The zero-order valence-electron chi connectivity index (χ0n) is 17.4. The molecule has 8 nitrogen and oxygen atoms in total. The number of fused-ring (bicyclic) bond motifs is 1. The Labute approximate surface area is 183 Å². The van der Waals surface area contributed by atoms with Gasteiger partial charge in [-0.1, -0.05) is 36.4 Å². The fourth-order valence-corrected chi connectivity index (χ4v) is 3.80. The third-order valence-corrected chi connectivity index (χ3v) is 5.17. The number of hydrogen-bond donors (Lipinski definition) is 2. The summed E-state index contributed by atoms with van der Waals surface area (Å²) in [5.74, 6) is -1.12. The van der Waals surface area contributed by atoms with Crippen LogP contribution in [-0.2, 0) is 11.2 Å². The third-order valence-electron chi connectivity index (χ3n) is 5.17. The van der Waals surface area contributed by atoms with E-state index in [4.69, 9.17) is 9.47 Å². The Morgan fingerprint density at radius 3 is 2.16 bits per heavy atom. The molecule has 32 heavy (non-hydrogen) atoms. The van der Waals surface area contributed by atoms with Crippen LogP contribution in [0, 0.1) is 0 Å². The minimum absolute atomic E-state index is 0.131. The summed E-state index contributed by atoms with van der Waals surface area (Å²) in [5.41, 5.74) is 2.12. The van der Waals surface area contributed by atoms with Gasteiger partial charge in [0.25, 0.3) is 0 Å². The van der Waals surface area contributed by atoms with Gasteiger partial charge in [0.05, 0.1) is 37.6 Å². The molecule has 0 saturated carbocycles. The van der Waals surface area contributed by atoms with Gasteiger partial charge in [0.1, 0.15) is 11.5 Å². The van der Waals surface area contributed by atoms with Crippen LogP contribution in [0.1, 0.15) is 16.1 Å². The molecule has 4 rings (SSSR count). The van der Waals surface area contributed by atoms with E-state index < -0.39 is 11.9 Å². The van der Waals surface area contributed by atoms with E-state index in [0.29, 0.717) is 34.0 Å². The van der Waals surface area contributed by atoms with E-state index in [1.807, 2.05) is 24.3 Å². The number of methoxy groups -OCH3 is 2. The van der Waals surface area contributed by atoms with Crippen LogP contribution in [0.2, 0.25) is 0 Å². The molecule has 2 N–H and O–H groups in total. The predicted molar refractivity (Wildman–Crippen MR) is 118 cm³/mol. The molecule has 0 aliphatic rings. The van der Waals surface area contributed by atoms with E-state index in [-0.39, 0.29) is 12.1 Å². The van der Waals surface area contributed by atoms with Gasteiger partial charge < -0.3 is 19.7 Å². The molecule has 4 aromatic rings. The molecule has 0 amide bonds. The molecule has 0 spiro atoms. The van der Waals surface area contributed by atoms with Crippen LogP contribution in [0.3, 0.4) is 0 Å². The smallest absolute Gasteiger partial charge is 0.356 e. The summed E-state index contributed by atoms with van der Waals surface area (Å²) in [5, 5.41) is 24.7. The highest BCUT2D eigenvalue weighted by Crippen LogP contribution is 2.40. The molecule has 1 heterocycles. The van der Waals surface area contributed by atoms with Crippen molar-refractivity contribution in [3.63, 3.8) is 0 Å². The molecule has 162 valence electrons. The van der Waals surface area contributed by atoms with Gasteiger partial charge >= 0.3 is 11.9 Å². The Balaban J connectivity index is 2.05. The topological polar surface area (TPSA) is 111 Å². The van der Waals surface area contributed by atoms with E-state index in [1.165, 1.54) is 25.0 Å². The maximum Gasteiger partial charge on any atom is 0.356 e. The van der Waals surface area contributed by atoms with Gasteiger partial charge in [-0.05, 0) is 35.2 Å². The summed E-state index contributed by atoms with van der Waals surface area (Å²) in [6, 6.07) is 17.5. The summed E-state index contributed by atoms with van der Waals surface area (Å²) in [7, 11) is 3.04. The van der Waals surface area contributed by atoms with Crippen molar-refractivity contribution in [2.75, 3.05) is 14.2 Å². The molecule has 0 bridgehead atoms. The molecule has 3 aromatic carbocycles. The van der Waals surface area contributed by atoms with E-state index in [0.717, 1.165) is 10.8 Å². The monoisotopic (exact) mass is 432 g/mol. The molecule has 0 radical (unpaired) electrons. The molecule has 0 atom stereocenters. The summed E-state index contributed by atoms with van der Waals surface area (Å²) < 4.78 is 12.6. The number of aromatic carboxylic acids is 1. The van der Waals surface area contributed by atoms with Crippen LogP contribution in [0.25, 0.3) is 27.7 Å². The number of rotatable bonds is 7. The largest absolute Gasteiger partial charge is 0.496 e. The van der Waals surface area contributed by atoms with Gasteiger partial charge in [-0.2, -0.15) is 5.10 Å². The first-order chi connectivity index (χ1) is 15.4. The van der Waals surface area contributed by atoms with Gasteiger partial charge in [0.2, 0.25) is 0 Å². The summed E-state index contributed by atoms with van der Waals surface area (Å²) >= 11 is 0. The maximum absolute atomic E-state index is 11.8. The van der Waals surface area contributed by atoms with Crippen LogP contribution < -0.4 is 9.47 Å². The number of carboxylic acids is 2. The van der Waals surface area contributed by atoms with Gasteiger partial charge in [-0.25, -0.2) is 9.48 Å². The first-order valence-corrected chi connectivity index (χ1v) is 9.72. The molecule has 0 saturated heterocycles. The Morgan fingerprint density at radius 2 is 1.56 bits per heavy atom. The second-order valence-electron chi connectivity index (χ2n) is 7.03. The lowest BCUT2D eigenvalue weighted by Gasteiger charge is -2.16. The Hall–Kier alpha value is -4.33. The second kappa shape index (κ2) is 8.43. The molecular weight excluding hydrogens is 412 g/mol. The van der Waals surface area contributed by atoms with Crippen molar-refractivity contribution in [1.82, 2.24) is 9.78 Å². The number of aliphatic carboxylic acids is 1. The molecule has 0 aliphatic carbocycles. The molecule has 0 aliphatic heterocycles. The lowest BCUT2D eigenvalue weighted by atomic mass is 10.00. The molecule has 0 fully saturated rings. The number of ether oxygens (including phenoxy) is 2. The van der Waals surface area contributed by atoms with Crippen molar-refractivity contribution in [2.24, 2.45) is 0 Å². The minimum Gasteiger partial charge on any atom is -0.496 e. The average molecular weight is 432 g/mol. The van der Waals surface area contributed by atoms with Crippen LogP contribution in [-0.4, -0.2) is 46.2 Å². The highest BCUT2D eigenvalue weighted by molar-refractivity contribution is 5.96. The van der Waals surface area contributed by atoms with Crippen molar-refractivity contribution in [2.45, 2.75) is 6.42 Å². The summed E-state index contributed by atoms with van der Waals surface area (Å²) in [6.45, 7) is 0. The number of hydrogen-bond acceptors (Lipinski definition) is 5. The average Bonchev–Trinajstić information content (AvgIpc) is 3.23. The van der Waals surface area contributed by atoms with Gasteiger partial charge in [0.15, 0.2) is 5.69 Å². The molecule has 0 unspecified atom stereocenters. The van der Waals surface area contributed by atoms with Gasteiger partial charge in [-0.3, -0.25) is 4.79 Å². The van der Waals surface area contributed by atoms with E-state index in [2.05, 4.69) is 5.10 Å². The standard InChI is InChI=1S/C24H20N2O6/c1-31-20-8-5-9-21(32-2)23(20)19-13-17(24(29)30)25-26(19)18-11-10-14(12-22(27)28)15-6-3-4-7-16(15)18/h3-11,13H,12H2,1-2H3,(H,27,28)(H,29,30). The van der Waals surface area contributed by atoms with Crippen molar-refractivity contribution in [3.8, 4) is 28.4 Å². The predicted octanol–water partition coefficient (Wildman–Crippen LogP) is 4.04. The van der Waals surface area contributed by atoms with Crippen molar-refractivity contribution in [3.05, 3.63) is 71.9 Å². The summed E-state index contributed by atoms with van der Waals surface area (Å²) in [6.07, 6.45) is -0.131. The van der Waals surface area contributed by atoms with Crippen LogP contribution in [0.5, 0.6) is 11.5 Å². The normalized spacial score (nSPS) is 10.8. The lowest BCUT2D eigenvalue weighted by molar-refractivity contribution is -0.136. The Kier molecular flexibility index (Phi) is 5.51. The quantitative estimate of drug-likeness (QED) is 0.453. The number of carbonyl (C=O) groups is 2. The SMILES string of the molecule is COc1cccc(OC)c1-c1cc(C(=O)O)nn1-c1ccc(CC(=O)O)c2ccccc12. The minimum atomic E-state index is -1.18. The molecular formula is C24H20N2O6. The Morgan fingerprint density at radius 1 is 0.906 bits per heavy atom. The van der Waals surface area contributed by atoms with Crippen LogP contribution in [0.4, 0.5) is 0 Å². The number of aromatic nitrogens is 2. The first kappa shape index (κ1) is 20.9. The number of benzene rings is 3. The number of nitrogens with zero attached hydrogens (tertiary/aromatic N) is 2. The van der Waals surface area contributed by atoms with E-state index >= 15 is 0 Å². The summed E-state index contributed by atoms with van der Waals surface area (Å²) in [4.78, 5) is 23.1. The second-order valence-corrected chi connectivity index (χ2v) is 7.03. The van der Waals surface area contributed by atoms with Crippen LogP contribution >= 0.6 is 0 Å². The zero-order chi connectivity index (χ0) is 22.8. The van der Waals surface area contributed by atoms with Gasteiger partial charge in [-0.15, -0.1) is 0 Å². The van der Waals surface area contributed by atoms with Gasteiger partial charge in [0, 0.05) is 5.39 Å². The fourth-order valence-electron chi connectivity index (χ4n) is 3.80. The fraction of sp³-hybridized carbons (Fsp3) is 0.125. The van der Waals surface area contributed by atoms with E-state index in [9.17, 15) is 19.8 Å². The van der Waals surface area contributed by atoms with Crippen molar-refractivity contribution >= 4 is 22.7 Å². The molecule has 8 heteroatoms. The first-order valence-electron chi connectivity index (χ1n) is 9.72. The number of carboxylic acid groups (broad SMARTS) is 2. The van der Waals surface area contributed by atoms with Crippen LogP contribution in [0.15, 0.2) is 60.7 Å². The zero-order valence-corrected chi connectivity index (χ0v) is 17.4. The lowest BCUT2D eigenvalue weighted by Crippen LogP contribution is -2.06. The highest BCUT2D eigenvalue weighted by atomic mass is 16.5. The maximum atomic E-state index is 11.8.